The summed E-state index contributed by atoms with van der Waals surface area (Å²) in [4.78, 5) is 11.7. The second kappa shape index (κ2) is 16.2. The molecule has 0 radical (unpaired) electrons. The molecule has 20 atom stereocenters. The number of amides is 1. The lowest BCUT2D eigenvalue weighted by Crippen LogP contribution is -2.68. The molecule has 4 fully saturated rings. The molecule has 4 aliphatic heterocycles. The van der Waals surface area contributed by atoms with Gasteiger partial charge in [0.05, 0.1) is 25.9 Å². The van der Waals surface area contributed by atoms with Crippen molar-refractivity contribution in [2.24, 2.45) is 0 Å². The molecule has 0 aliphatic carbocycles. The van der Waals surface area contributed by atoms with Crippen molar-refractivity contribution in [3.63, 3.8) is 0 Å². The number of hydrogen-bond donors (Lipinski definition) is 13. The van der Waals surface area contributed by atoms with Gasteiger partial charge in [0, 0.05) is 6.92 Å². The van der Waals surface area contributed by atoms with E-state index >= 15 is 0 Å². The van der Waals surface area contributed by atoms with E-state index in [4.69, 9.17) is 33.2 Å². The second-order valence-electron chi connectivity index (χ2n) is 11.9. The van der Waals surface area contributed by atoms with E-state index in [1.165, 1.54) is 6.92 Å². The fourth-order valence-corrected chi connectivity index (χ4v) is 5.91. The van der Waals surface area contributed by atoms with E-state index in [1.54, 1.807) is 0 Å². The third kappa shape index (κ3) is 8.04. The lowest BCUT2D eigenvalue weighted by Gasteiger charge is -2.49. The number of aliphatic hydroxyl groups is 12. The summed E-state index contributed by atoms with van der Waals surface area (Å²) in [5.74, 6) is -0.640. The topological polar surface area (TPSA) is 336 Å². The Bertz CT molecular complexity index is 1010. The number of nitrogens with one attached hydrogen (secondary N) is 1. The van der Waals surface area contributed by atoms with Crippen LogP contribution in [0.1, 0.15) is 13.8 Å². The minimum absolute atomic E-state index is 0.640. The fourth-order valence-electron chi connectivity index (χ4n) is 5.91. The molecule has 0 aromatic carbocycles. The summed E-state index contributed by atoms with van der Waals surface area (Å²) in [6.07, 6.45) is -31.9. The highest BCUT2D eigenvalue weighted by Crippen LogP contribution is 2.34. The zero-order valence-corrected chi connectivity index (χ0v) is 25.3. The molecule has 0 aromatic rings. The third-order valence-corrected chi connectivity index (χ3v) is 8.56. The maximum absolute atomic E-state index is 11.7. The molecule has 0 unspecified atom stereocenters. The third-order valence-electron chi connectivity index (χ3n) is 8.56. The molecule has 0 spiro atoms. The van der Waals surface area contributed by atoms with Crippen molar-refractivity contribution in [1.82, 2.24) is 5.32 Å². The summed E-state index contributed by atoms with van der Waals surface area (Å²) in [6, 6.07) is -1.39. The van der Waals surface area contributed by atoms with Gasteiger partial charge in [-0.3, -0.25) is 4.79 Å². The first kappa shape index (κ1) is 38.5. The highest BCUT2D eigenvalue weighted by molar-refractivity contribution is 5.73. The van der Waals surface area contributed by atoms with Gasteiger partial charge in [-0.2, -0.15) is 0 Å². The van der Waals surface area contributed by atoms with E-state index in [0.29, 0.717) is 0 Å². The first-order chi connectivity index (χ1) is 22.1. The van der Waals surface area contributed by atoms with Crippen LogP contribution in [0.2, 0.25) is 0 Å². The zero-order valence-electron chi connectivity index (χ0n) is 25.3. The predicted molar refractivity (Wildman–Crippen MR) is 144 cm³/mol. The van der Waals surface area contributed by atoms with Crippen molar-refractivity contribution < 1.29 is 99.2 Å². The maximum Gasteiger partial charge on any atom is 0.217 e. The van der Waals surface area contributed by atoms with E-state index in [1.807, 2.05) is 0 Å². The number of carbonyl (C=O) groups excluding carboxylic acids is 1. The smallest absolute Gasteiger partial charge is 0.217 e. The van der Waals surface area contributed by atoms with Gasteiger partial charge >= 0.3 is 0 Å². The molecule has 0 saturated carbocycles. The van der Waals surface area contributed by atoms with Gasteiger partial charge < -0.3 is 99.8 Å². The van der Waals surface area contributed by atoms with Crippen LogP contribution >= 0.6 is 0 Å². The molecule has 4 rings (SSSR count). The predicted octanol–water partition coefficient (Wildman–Crippen LogP) is -8.58. The van der Waals surface area contributed by atoms with Crippen molar-refractivity contribution in [1.29, 1.82) is 0 Å². The molecule has 47 heavy (non-hydrogen) atoms. The molecule has 13 N–H and O–H groups in total. The van der Waals surface area contributed by atoms with Crippen LogP contribution in [-0.2, 0) is 38.0 Å². The monoisotopic (exact) mass is 691 g/mol. The van der Waals surface area contributed by atoms with E-state index in [9.17, 15) is 66.1 Å². The Balaban J connectivity index is 1.47. The van der Waals surface area contributed by atoms with Gasteiger partial charge in [-0.05, 0) is 6.92 Å². The highest BCUT2D eigenvalue weighted by Gasteiger charge is 2.55. The van der Waals surface area contributed by atoms with Crippen LogP contribution in [0.25, 0.3) is 0 Å². The van der Waals surface area contributed by atoms with Crippen LogP contribution in [-0.4, -0.2) is 210 Å². The van der Waals surface area contributed by atoms with Crippen LogP contribution in [0.5, 0.6) is 0 Å². The molecule has 274 valence electrons. The highest BCUT2D eigenvalue weighted by atomic mass is 16.8. The molecule has 4 saturated heterocycles. The van der Waals surface area contributed by atoms with Gasteiger partial charge in [0.15, 0.2) is 25.2 Å². The number of ether oxygens (including phenoxy) is 7. The first-order valence-corrected chi connectivity index (χ1v) is 15.0. The molecule has 0 aromatic heterocycles. The molecule has 4 heterocycles. The Morgan fingerprint density at radius 1 is 0.553 bits per heavy atom. The number of aliphatic hydroxyl groups excluding tert-OH is 12. The first-order valence-electron chi connectivity index (χ1n) is 15.0. The van der Waals surface area contributed by atoms with Gasteiger partial charge in [0.25, 0.3) is 0 Å². The summed E-state index contributed by atoms with van der Waals surface area (Å²) in [6.45, 7) is 0.105. The van der Waals surface area contributed by atoms with Gasteiger partial charge in [0.2, 0.25) is 5.91 Å². The number of rotatable bonds is 10. The quantitative estimate of drug-likeness (QED) is 0.101. The van der Waals surface area contributed by atoms with E-state index in [-0.39, 0.29) is 0 Å². The van der Waals surface area contributed by atoms with Crippen molar-refractivity contribution >= 4 is 5.91 Å². The second-order valence-corrected chi connectivity index (χ2v) is 11.9. The van der Waals surface area contributed by atoms with Crippen LogP contribution in [0, 0.1) is 0 Å². The van der Waals surface area contributed by atoms with Crippen molar-refractivity contribution in [2.75, 3.05) is 19.8 Å². The Labute approximate surface area is 267 Å². The summed E-state index contributed by atoms with van der Waals surface area (Å²) in [5.41, 5.74) is 0. The fraction of sp³-hybridized carbons (Fsp3) is 0.962. The summed E-state index contributed by atoms with van der Waals surface area (Å²) < 4.78 is 38.5. The maximum atomic E-state index is 11.7. The van der Waals surface area contributed by atoms with E-state index < -0.39 is 148 Å². The normalized spacial score (nSPS) is 51.0. The Hall–Kier alpha value is -1.29. The van der Waals surface area contributed by atoms with Crippen molar-refractivity contribution in [3.8, 4) is 0 Å². The Morgan fingerprint density at radius 2 is 1.00 bits per heavy atom. The van der Waals surface area contributed by atoms with Crippen LogP contribution < -0.4 is 5.32 Å². The minimum atomic E-state index is -1.95. The largest absolute Gasteiger partial charge is 0.394 e. The summed E-state index contributed by atoms with van der Waals surface area (Å²) in [7, 11) is 0. The van der Waals surface area contributed by atoms with Crippen molar-refractivity contribution in [2.45, 2.75) is 137 Å². The lowest BCUT2D eigenvalue weighted by atomic mass is 9.95. The average Bonchev–Trinajstić information content (AvgIpc) is 3.03. The molecule has 21 heteroatoms. The molecule has 1 amide bonds. The van der Waals surface area contributed by atoms with E-state index in [0.717, 1.165) is 6.92 Å². The van der Waals surface area contributed by atoms with Crippen LogP contribution in [0.3, 0.4) is 0 Å². The van der Waals surface area contributed by atoms with Crippen molar-refractivity contribution in [3.05, 3.63) is 0 Å². The molecular formula is C26H45NO20. The molecule has 4 aliphatic rings. The standard InChI is InChI=1S/C26H45NO20/c1-6-20(16(36)18(38)24(41-6)46-21-11(27-7(2)31)23(40)42-9(4-29)13(21)33)45-26-19(39)22(14(34)10(5-30)44-26)47-25-17(37)15(35)12(32)8(3-28)43-25/h6,8-26,28-30,32-40H,3-5H2,1-2H3,(H,27,31)/t6-,8+,9+,10+,11+,12+,13+,14-,15-,16-,17-,18+,19+,20-,21+,22-,23-,24-,25-,26+/m0/s1. The van der Waals surface area contributed by atoms with Gasteiger partial charge in [-0.15, -0.1) is 0 Å². The molecule has 0 bridgehead atoms. The zero-order chi connectivity index (χ0) is 34.9. The SMILES string of the molecule is CC(=O)N[C@@H]1[C@@H](O[C@@H]2O[C@@H](C)[C@H](O[C@H]3O[C@H](CO)[C@H](O)[C@H](O[C@@H]4O[C@H](CO)[C@@H](O)[C@H](O)[C@@H]4O)[C@H]3O)[C@@H](O)[C@H]2O)[C@H](O)[C@@H](CO)O[C@@H]1O. The van der Waals surface area contributed by atoms with Gasteiger partial charge in [-0.25, -0.2) is 0 Å². The Morgan fingerprint density at radius 3 is 1.57 bits per heavy atom. The van der Waals surface area contributed by atoms with Crippen LogP contribution in [0.4, 0.5) is 0 Å². The van der Waals surface area contributed by atoms with Gasteiger partial charge in [0.1, 0.15) is 91.5 Å². The number of hydrogen-bond acceptors (Lipinski definition) is 20. The number of carbonyl (C=O) groups is 1. The average molecular weight is 692 g/mol. The Kier molecular flexibility index (Phi) is 13.2. The molecular weight excluding hydrogens is 646 g/mol. The van der Waals surface area contributed by atoms with Crippen LogP contribution in [0.15, 0.2) is 0 Å². The molecule has 21 nitrogen and oxygen atoms in total. The lowest BCUT2D eigenvalue weighted by molar-refractivity contribution is -0.383. The van der Waals surface area contributed by atoms with E-state index in [2.05, 4.69) is 5.32 Å². The summed E-state index contributed by atoms with van der Waals surface area (Å²) >= 11 is 0. The summed E-state index contributed by atoms with van der Waals surface area (Å²) in [5, 5.41) is 126. The van der Waals surface area contributed by atoms with Gasteiger partial charge in [-0.1, -0.05) is 0 Å². The minimum Gasteiger partial charge on any atom is -0.394 e.